The van der Waals surface area contributed by atoms with Crippen LogP contribution in [0.5, 0.6) is 5.75 Å². The number of methoxy groups -OCH3 is 1. The van der Waals surface area contributed by atoms with Crippen LogP contribution >= 0.6 is 0 Å². The average molecular weight is 222 g/mol. The molecule has 0 saturated carbocycles. The topological polar surface area (TPSA) is 113 Å². The summed E-state index contributed by atoms with van der Waals surface area (Å²) >= 11 is 0. The number of rotatable bonds is 2. The molecular formula is C9H6N2O5. The first-order chi connectivity index (χ1) is 7.52. The first-order valence-electron chi connectivity index (χ1n) is 4.01. The average Bonchev–Trinajstić information content (AvgIpc) is 2.26. The molecular weight excluding hydrogens is 216 g/mol. The minimum Gasteiger partial charge on any atom is -0.501 e. The summed E-state index contributed by atoms with van der Waals surface area (Å²) in [6, 6.07) is 3.65. The number of ether oxygens (including phenoxy) is 1. The van der Waals surface area contributed by atoms with Crippen LogP contribution in [0.2, 0.25) is 0 Å². The van der Waals surface area contributed by atoms with E-state index in [2.05, 4.69) is 4.74 Å². The molecule has 7 heteroatoms. The lowest BCUT2D eigenvalue weighted by Gasteiger charge is -2.04. The van der Waals surface area contributed by atoms with E-state index >= 15 is 0 Å². The van der Waals surface area contributed by atoms with Crippen LogP contribution in [0.1, 0.15) is 15.9 Å². The molecule has 0 radical (unpaired) electrons. The van der Waals surface area contributed by atoms with Crippen molar-refractivity contribution in [1.82, 2.24) is 0 Å². The standard InChI is InChI=1S/C9H6N2O5/c1-16-9(13)7-5(4-10)2-3-6(8(7)12)11(14)15/h2-3,12H,1H3. The Morgan fingerprint density at radius 1 is 1.62 bits per heavy atom. The van der Waals surface area contributed by atoms with Crippen LogP contribution in [0.3, 0.4) is 0 Å². The van der Waals surface area contributed by atoms with Crippen LogP contribution in [0, 0.1) is 21.4 Å². The summed E-state index contributed by atoms with van der Waals surface area (Å²) in [6.07, 6.45) is 0. The molecule has 0 amide bonds. The van der Waals surface area contributed by atoms with E-state index in [1.54, 1.807) is 6.07 Å². The number of benzene rings is 1. The number of hydrogen-bond donors (Lipinski definition) is 1. The molecule has 1 aromatic carbocycles. The number of hydrogen-bond acceptors (Lipinski definition) is 6. The molecule has 0 saturated heterocycles. The molecule has 0 unspecified atom stereocenters. The number of esters is 1. The molecule has 0 heterocycles. The highest BCUT2D eigenvalue weighted by atomic mass is 16.6. The maximum absolute atomic E-state index is 11.2. The second kappa shape index (κ2) is 4.27. The summed E-state index contributed by atoms with van der Waals surface area (Å²) in [4.78, 5) is 20.9. The molecule has 1 aromatic rings. The first-order valence-corrected chi connectivity index (χ1v) is 4.01. The van der Waals surface area contributed by atoms with Crippen LogP contribution in [0.25, 0.3) is 0 Å². The fourth-order valence-corrected chi connectivity index (χ4v) is 1.13. The van der Waals surface area contributed by atoms with Crippen LogP contribution in [0.4, 0.5) is 5.69 Å². The first kappa shape index (κ1) is 11.5. The molecule has 1 N–H and O–H groups in total. The number of nitrogens with zero attached hydrogens (tertiary/aromatic N) is 2. The number of nitro groups is 1. The SMILES string of the molecule is COC(=O)c1c(C#N)ccc([N+](=O)[O-])c1O. The van der Waals surface area contributed by atoms with Crippen molar-refractivity contribution in [2.45, 2.75) is 0 Å². The highest BCUT2D eigenvalue weighted by Crippen LogP contribution is 2.32. The van der Waals surface area contributed by atoms with Gasteiger partial charge in [-0.1, -0.05) is 0 Å². The molecule has 0 spiro atoms. The zero-order valence-electron chi connectivity index (χ0n) is 8.13. The number of carbonyl (C=O) groups is 1. The van der Waals surface area contributed by atoms with Gasteiger partial charge in [-0.25, -0.2) is 4.79 Å². The number of aromatic hydroxyl groups is 1. The number of carbonyl (C=O) groups excluding carboxylic acids is 1. The van der Waals surface area contributed by atoms with E-state index in [-0.39, 0.29) is 5.56 Å². The molecule has 1 rings (SSSR count). The van der Waals surface area contributed by atoms with Crippen LogP contribution in [-0.4, -0.2) is 23.1 Å². The molecule has 0 fully saturated rings. The molecule has 0 aromatic heterocycles. The highest BCUT2D eigenvalue weighted by molar-refractivity contribution is 5.96. The largest absolute Gasteiger partial charge is 0.501 e. The van der Waals surface area contributed by atoms with E-state index < -0.39 is 27.9 Å². The van der Waals surface area contributed by atoms with E-state index in [0.29, 0.717) is 0 Å². The van der Waals surface area contributed by atoms with Crippen molar-refractivity contribution >= 4 is 11.7 Å². The smallest absolute Gasteiger partial charge is 0.343 e. The molecule has 0 atom stereocenters. The van der Waals surface area contributed by atoms with Gasteiger partial charge in [-0.3, -0.25) is 10.1 Å². The zero-order chi connectivity index (χ0) is 12.3. The molecule has 0 bridgehead atoms. The maximum atomic E-state index is 11.2. The lowest BCUT2D eigenvalue weighted by molar-refractivity contribution is -0.385. The van der Waals surface area contributed by atoms with Gasteiger partial charge in [0.2, 0.25) is 5.75 Å². The summed E-state index contributed by atoms with van der Waals surface area (Å²) in [5.74, 6) is -1.87. The third kappa shape index (κ3) is 1.76. The van der Waals surface area contributed by atoms with Crippen LogP contribution < -0.4 is 0 Å². The van der Waals surface area contributed by atoms with Crippen molar-refractivity contribution in [2.75, 3.05) is 7.11 Å². The van der Waals surface area contributed by atoms with E-state index in [4.69, 9.17) is 5.26 Å². The highest BCUT2D eigenvalue weighted by Gasteiger charge is 2.25. The Kier molecular flexibility index (Phi) is 3.06. The quantitative estimate of drug-likeness (QED) is 0.452. The van der Waals surface area contributed by atoms with Crippen LogP contribution in [-0.2, 0) is 4.74 Å². The van der Waals surface area contributed by atoms with Crippen molar-refractivity contribution < 1.29 is 19.6 Å². The van der Waals surface area contributed by atoms with Crippen molar-refractivity contribution in [3.8, 4) is 11.8 Å². The summed E-state index contributed by atoms with van der Waals surface area (Å²) in [7, 11) is 1.04. The number of phenols is 1. The Morgan fingerprint density at radius 3 is 2.69 bits per heavy atom. The summed E-state index contributed by atoms with van der Waals surface area (Å²) in [6.45, 7) is 0. The Balaban J connectivity index is 3.54. The van der Waals surface area contributed by atoms with Crippen molar-refractivity contribution in [3.63, 3.8) is 0 Å². The van der Waals surface area contributed by atoms with Gasteiger partial charge in [0, 0.05) is 6.07 Å². The Labute approximate surface area is 89.6 Å². The lowest BCUT2D eigenvalue weighted by Crippen LogP contribution is -2.06. The summed E-state index contributed by atoms with van der Waals surface area (Å²) < 4.78 is 4.32. The Bertz CT molecular complexity index is 503. The number of phenolic OH excluding ortho intramolecular Hbond substituents is 1. The van der Waals surface area contributed by atoms with E-state index in [9.17, 15) is 20.0 Å². The summed E-state index contributed by atoms with van der Waals surface area (Å²) in [5, 5.41) is 28.7. The summed E-state index contributed by atoms with van der Waals surface area (Å²) in [5.41, 5.74) is -1.34. The minimum atomic E-state index is -1.00. The van der Waals surface area contributed by atoms with Crippen molar-refractivity contribution in [1.29, 1.82) is 5.26 Å². The Hall–Kier alpha value is -2.62. The second-order valence-electron chi connectivity index (χ2n) is 2.72. The van der Waals surface area contributed by atoms with Gasteiger partial charge in [0.25, 0.3) is 0 Å². The second-order valence-corrected chi connectivity index (χ2v) is 2.72. The maximum Gasteiger partial charge on any atom is 0.343 e. The van der Waals surface area contributed by atoms with E-state index in [1.165, 1.54) is 0 Å². The third-order valence-electron chi connectivity index (χ3n) is 1.86. The normalized spacial score (nSPS) is 9.25. The fraction of sp³-hybridized carbons (Fsp3) is 0.111. The van der Waals surface area contributed by atoms with Gasteiger partial charge in [0.1, 0.15) is 11.6 Å². The van der Waals surface area contributed by atoms with E-state index in [0.717, 1.165) is 19.2 Å². The number of nitro benzene ring substituents is 1. The molecule has 0 aliphatic carbocycles. The van der Waals surface area contributed by atoms with Crippen LogP contribution in [0.15, 0.2) is 12.1 Å². The minimum absolute atomic E-state index is 0.185. The number of nitriles is 1. The lowest BCUT2D eigenvalue weighted by atomic mass is 10.1. The zero-order valence-corrected chi connectivity index (χ0v) is 8.13. The van der Waals surface area contributed by atoms with Gasteiger partial charge < -0.3 is 9.84 Å². The predicted molar refractivity (Wildman–Crippen MR) is 50.8 cm³/mol. The van der Waals surface area contributed by atoms with Gasteiger partial charge in [0.15, 0.2) is 0 Å². The van der Waals surface area contributed by atoms with Gasteiger partial charge >= 0.3 is 11.7 Å². The van der Waals surface area contributed by atoms with Gasteiger partial charge in [-0.05, 0) is 6.07 Å². The van der Waals surface area contributed by atoms with Crippen molar-refractivity contribution in [3.05, 3.63) is 33.4 Å². The van der Waals surface area contributed by atoms with Crippen molar-refractivity contribution in [2.24, 2.45) is 0 Å². The molecule has 0 aliphatic heterocycles. The third-order valence-corrected chi connectivity index (χ3v) is 1.86. The molecule has 0 aliphatic rings. The van der Waals surface area contributed by atoms with Gasteiger partial charge in [0.05, 0.1) is 17.6 Å². The molecule has 16 heavy (non-hydrogen) atoms. The fourth-order valence-electron chi connectivity index (χ4n) is 1.13. The Morgan fingerprint density at radius 2 is 2.25 bits per heavy atom. The molecule has 7 nitrogen and oxygen atoms in total. The predicted octanol–water partition coefficient (Wildman–Crippen LogP) is 0.959. The van der Waals surface area contributed by atoms with E-state index in [1.807, 2.05) is 0 Å². The van der Waals surface area contributed by atoms with Gasteiger partial charge in [-0.2, -0.15) is 5.26 Å². The monoisotopic (exact) mass is 222 g/mol. The van der Waals surface area contributed by atoms with Gasteiger partial charge in [-0.15, -0.1) is 0 Å². The molecule has 82 valence electrons.